The normalized spacial score (nSPS) is 22.9. The van der Waals surface area contributed by atoms with E-state index in [9.17, 15) is 17.8 Å². The zero-order chi connectivity index (χ0) is 24.4. The van der Waals surface area contributed by atoms with Crippen molar-refractivity contribution in [3.8, 4) is 5.75 Å². The molecule has 1 N–H and O–H groups in total. The summed E-state index contributed by atoms with van der Waals surface area (Å²) < 4.78 is 39.5. The Bertz CT molecular complexity index is 1360. The fourth-order valence-electron chi connectivity index (χ4n) is 5.94. The Balaban J connectivity index is 1.57. The molecule has 176 valence electrons. The fourth-order valence-corrected chi connectivity index (χ4v) is 6.86. The first-order chi connectivity index (χ1) is 16.1. The van der Waals surface area contributed by atoms with Gasteiger partial charge in [-0.2, -0.15) is 8.42 Å². The molecule has 0 saturated heterocycles. The highest BCUT2D eigenvalue weighted by molar-refractivity contribution is 7.85. The van der Waals surface area contributed by atoms with Crippen molar-refractivity contribution in [2.24, 2.45) is 11.8 Å². The lowest BCUT2D eigenvalue weighted by Crippen LogP contribution is -2.44. The largest absolute Gasteiger partial charge is 0.426 e. The number of fused-ring (bicyclic) bond motifs is 1. The first kappa shape index (κ1) is 22.8. The van der Waals surface area contributed by atoms with Crippen LogP contribution in [0.5, 0.6) is 5.75 Å². The number of ether oxygens (including phenoxy) is 1. The van der Waals surface area contributed by atoms with E-state index in [2.05, 4.69) is 43.3 Å². The van der Waals surface area contributed by atoms with Gasteiger partial charge in [0.25, 0.3) is 10.1 Å². The van der Waals surface area contributed by atoms with E-state index in [-0.39, 0.29) is 40.5 Å². The molecule has 0 aromatic heterocycles. The first-order valence-electron chi connectivity index (χ1n) is 11.6. The number of rotatable bonds is 4. The van der Waals surface area contributed by atoms with E-state index in [1.165, 1.54) is 28.3 Å². The Morgan fingerprint density at radius 2 is 1.41 bits per heavy atom. The van der Waals surface area contributed by atoms with Gasteiger partial charge in [0.05, 0.1) is 10.8 Å². The lowest BCUT2D eigenvalue weighted by molar-refractivity contribution is -0.142. The molecule has 3 aliphatic rings. The molecule has 3 aliphatic carbocycles. The van der Waals surface area contributed by atoms with Gasteiger partial charge < -0.3 is 4.74 Å². The molecule has 0 aliphatic heterocycles. The van der Waals surface area contributed by atoms with E-state index in [1.54, 1.807) is 13.0 Å². The monoisotopic (exact) mass is 476 g/mol. The van der Waals surface area contributed by atoms with Crippen LogP contribution in [0.4, 0.5) is 0 Å². The highest BCUT2D eigenvalue weighted by atomic mass is 32.2. The molecule has 0 radical (unpaired) electrons. The summed E-state index contributed by atoms with van der Waals surface area (Å²) in [6.07, 6.45) is 0. The molecule has 0 fully saturated rings. The van der Waals surface area contributed by atoms with E-state index in [0.717, 1.165) is 0 Å². The smallest absolute Gasteiger partial charge is 0.315 e. The zero-order valence-corrected chi connectivity index (χ0v) is 20.5. The van der Waals surface area contributed by atoms with E-state index in [4.69, 9.17) is 4.74 Å². The van der Waals surface area contributed by atoms with Crippen molar-refractivity contribution in [2.45, 2.75) is 50.3 Å². The number of carbonyl (C=O) groups is 1. The lowest BCUT2D eigenvalue weighted by atomic mass is 9.54. The summed E-state index contributed by atoms with van der Waals surface area (Å²) in [4.78, 5) is 13.6. The van der Waals surface area contributed by atoms with Crippen LogP contribution in [-0.2, 0) is 14.9 Å². The summed E-state index contributed by atoms with van der Waals surface area (Å²) in [5, 5.41) is 0. The third-order valence-electron chi connectivity index (χ3n) is 7.47. The van der Waals surface area contributed by atoms with Crippen LogP contribution in [0.25, 0.3) is 0 Å². The van der Waals surface area contributed by atoms with Crippen molar-refractivity contribution in [1.82, 2.24) is 0 Å². The minimum absolute atomic E-state index is 0.0456. The van der Waals surface area contributed by atoms with Crippen molar-refractivity contribution in [1.29, 1.82) is 0 Å². The molecule has 34 heavy (non-hydrogen) atoms. The SMILES string of the molecule is Cc1cc(S(=O)(=O)O)c(C(C)C)cc1OC(=O)C1C2c3ccccc3C(c3ccccc32)C1C. The Morgan fingerprint density at radius 1 is 0.912 bits per heavy atom. The van der Waals surface area contributed by atoms with Crippen LogP contribution in [0.1, 0.15) is 71.9 Å². The molecule has 3 aromatic carbocycles. The van der Waals surface area contributed by atoms with E-state index < -0.39 is 10.1 Å². The minimum atomic E-state index is -4.39. The molecule has 0 spiro atoms. The highest BCUT2D eigenvalue weighted by Crippen LogP contribution is 2.58. The minimum Gasteiger partial charge on any atom is -0.426 e. The maximum absolute atomic E-state index is 13.7. The summed E-state index contributed by atoms with van der Waals surface area (Å²) in [7, 11) is -4.39. The van der Waals surface area contributed by atoms with Gasteiger partial charge in [-0.15, -0.1) is 0 Å². The summed E-state index contributed by atoms with van der Waals surface area (Å²) in [6.45, 7) is 7.47. The number of hydrogen-bond donors (Lipinski definition) is 1. The second kappa shape index (κ2) is 8.07. The second-order valence-corrected chi connectivity index (χ2v) is 11.2. The summed E-state index contributed by atoms with van der Waals surface area (Å²) >= 11 is 0. The molecule has 3 aromatic rings. The fraction of sp³-hybridized carbons (Fsp3) is 0.321. The van der Waals surface area contributed by atoms with Crippen LogP contribution < -0.4 is 4.74 Å². The van der Waals surface area contributed by atoms with Gasteiger partial charge in [0.2, 0.25) is 0 Å². The van der Waals surface area contributed by atoms with Crippen LogP contribution in [0.3, 0.4) is 0 Å². The molecular formula is C28H28O5S. The van der Waals surface area contributed by atoms with Crippen LogP contribution in [0.2, 0.25) is 0 Å². The van der Waals surface area contributed by atoms with Gasteiger partial charge >= 0.3 is 5.97 Å². The van der Waals surface area contributed by atoms with E-state index in [0.29, 0.717) is 16.9 Å². The average Bonchev–Trinajstić information content (AvgIpc) is 2.79. The zero-order valence-electron chi connectivity index (χ0n) is 19.6. The Hall–Kier alpha value is -2.96. The van der Waals surface area contributed by atoms with Gasteiger partial charge in [-0.25, -0.2) is 0 Å². The standard InChI is InChI=1S/C28H28O5S/c1-15(2)22-14-23(16(3)13-24(22)34(30,31)32)33-28(29)26-17(4)25-18-9-5-7-11-20(18)27(26)21-12-8-6-10-19(21)25/h5-15,17,25-27H,1-4H3,(H,30,31,32). The van der Waals surface area contributed by atoms with Crippen LogP contribution in [0, 0.1) is 18.8 Å². The molecule has 5 nitrogen and oxygen atoms in total. The van der Waals surface area contributed by atoms with Crippen molar-refractivity contribution < 1.29 is 22.5 Å². The van der Waals surface area contributed by atoms with Crippen LogP contribution >= 0.6 is 0 Å². The summed E-state index contributed by atoms with van der Waals surface area (Å²) in [6, 6.07) is 19.6. The maximum Gasteiger partial charge on any atom is 0.315 e. The molecule has 2 unspecified atom stereocenters. The average molecular weight is 477 g/mol. The molecule has 0 heterocycles. The number of aryl methyl sites for hydroxylation is 1. The van der Waals surface area contributed by atoms with Gasteiger partial charge in [0, 0.05) is 11.8 Å². The molecule has 0 amide bonds. The Kier molecular flexibility index (Phi) is 5.41. The van der Waals surface area contributed by atoms with Gasteiger partial charge in [-0.05, 0) is 64.3 Å². The Labute approximate surface area is 200 Å². The third kappa shape index (κ3) is 3.48. The molecule has 6 rings (SSSR count). The van der Waals surface area contributed by atoms with Gasteiger partial charge in [-0.1, -0.05) is 69.3 Å². The van der Waals surface area contributed by atoms with Crippen molar-refractivity contribution in [3.63, 3.8) is 0 Å². The van der Waals surface area contributed by atoms with E-state index in [1.807, 2.05) is 26.0 Å². The third-order valence-corrected chi connectivity index (χ3v) is 8.38. The van der Waals surface area contributed by atoms with Gasteiger partial charge in [0.15, 0.2) is 0 Å². The lowest BCUT2D eigenvalue weighted by Gasteiger charge is -2.48. The predicted octanol–water partition coefficient (Wildman–Crippen LogP) is 5.81. The molecule has 6 heteroatoms. The molecule has 2 atom stereocenters. The van der Waals surface area contributed by atoms with Crippen LogP contribution in [0.15, 0.2) is 65.6 Å². The quantitative estimate of drug-likeness (QED) is 0.292. The van der Waals surface area contributed by atoms with E-state index >= 15 is 0 Å². The summed E-state index contributed by atoms with van der Waals surface area (Å²) in [5.41, 5.74) is 5.81. The molecular weight excluding hydrogens is 448 g/mol. The van der Waals surface area contributed by atoms with Crippen molar-refractivity contribution >= 4 is 16.1 Å². The number of carbonyl (C=O) groups excluding carboxylic acids is 1. The van der Waals surface area contributed by atoms with Gasteiger partial charge in [0.1, 0.15) is 5.75 Å². The topological polar surface area (TPSA) is 80.7 Å². The Morgan fingerprint density at radius 3 is 1.88 bits per heavy atom. The van der Waals surface area contributed by atoms with Crippen molar-refractivity contribution in [2.75, 3.05) is 0 Å². The van der Waals surface area contributed by atoms with Crippen molar-refractivity contribution in [3.05, 3.63) is 94.0 Å². The van der Waals surface area contributed by atoms with Crippen LogP contribution in [-0.4, -0.2) is 18.9 Å². The predicted molar refractivity (Wildman–Crippen MR) is 130 cm³/mol. The van der Waals surface area contributed by atoms with Gasteiger partial charge in [-0.3, -0.25) is 9.35 Å². The second-order valence-electron chi connectivity index (χ2n) is 9.80. The number of benzene rings is 3. The highest BCUT2D eigenvalue weighted by Gasteiger charge is 2.51. The maximum atomic E-state index is 13.7. The first-order valence-corrected chi connectivity index (χ1v) is 13.0. The summed E-state index contributed by atoms with van der Waals surface area (Å²) in [5.74, 6) is -0.466. The number of esters is 1. The molecule has 2 bridgehead atoms. The number of hydrogen-bond acceptors (Lipinski definition) is 4. The molecule has 0 saturated carbocycles.